The van der Waals surface area contributed by atoms with Gasteiger partial charge in [0.25, 0.3) is 0 Å². The lowest BCUT2D eigenvalue weighted by molar-refractivity contribution is 0.00578. The van der Waals surface area contributed by atoms with Crippen LogP contribution in [-0.4, -0.2) is 48.0 Å². The molecule has 0 saturated carbocycles. The van der Waals surface area contributed by atoms with Gasteiger partial charge in [0.2, 0.25) is 0 Å². The number of rotatable bonds is 1. The average molecular weight is 379 g/mol. The molecule has 0 aromatic carbocycles. The first-order chi connectivity index (χ1) is 12.0. The summed E-state index contributed by atoms with van der Waals surface area (Å²) in [6.45, 7) is 21.8. The summed E-state index contributed by atoms with van der Waals surface area (Å²) in [6, 6.07) is 0. The van der Waals surface area contributed by atoms with E-state index in [1.165, 1.54) is 0 Å². The topological polar surface area (TPSA) is 48.0 Å². The van der Waals surface area contributed by atoms with Gasteiger partial charge < -0.3 is 18.9 Å². The molecule has 1 atom stereocenters. The van der Waals surface area contributed by atoms with E-state index in [0.717, 1.165) is 11.9 Å². The van der Waals surface area contributed by atoms with Crippen LogP contribution in [0.15, 0.2) is 11.5 Å². The maximum absolute atomic E-state index is 12.7. The van der Waals surface area contributed by atoms with Gasteiger partial charge >= 0.3 is 13.2 Å². The van der Waals surface area contributed by atoms with Crippen molar-refractivity contribution >= 4 is 13.2 Å². The minimum Gasteiger partial charge on any atom is -0.444 e. The molecule has 0 radical (unpaired) electrons. The summed E-state index contributed by atoms with van der Waals surface area (Å²) in [5.41, 5.74) is -0.161. The van der Waals surface area contributed by atoms with Gasteiger partial charge in [0.1, 0.15) is 5.60 Å². The number of allylic oxidation sites excluding steroid dienone is 1. The van der Waals surface area contributed by atoms with Gasteiger partial charge in [-0.1, -0.05) is 26.8 Å². The quantitative estimate of drug-likeness (QED) is 0.611. The van der Waals surface area contributed by atoms with Gasteiger partial charge in [-0.3, -0.25) is 0 Å². The third-order valence-electron chi connectivity index (χ3n) is 5.77. The molecule has 5 nitrogen and oxygen atoms in total. The van der Waals surface area contributed by atoms with Crippen molar-refractivity contribution in [3.63, 3.8) is 0 Å². The second-order valence-electron chi connectivity index (χ2n) is 10.9. The van der Waals surface area contributed by atoms with Crippen molar-refractivity contribution in [3.8, 4) is 0 Å². The molecule has 0 aromatic rings. The molecule has 2 rings (SSSR count). The molecule has 0 bridgehead atoms. The largest absolute Gasteiger partial charge is 0.490 e. The van der Waals surface area contributed by atoms with Crippen molar-refractivity contribution in [3.05, 3.63) is 11.5 Å². The summed E-state index contributed by atoms with van der Waals surface area (Å²) in [5, 5.41) is 0. The normalized spacial score (nSPS) is 29.6. The molecule has 154 valence electrons. The van der Waals surface area contributed by atoms with Gasteiger partial charge in [0, 0.05) is 13.1 Å². The first-order valence-electron chi connectivity index (χ1n) is 10.1. The molecule has 0 aromatic heterocycles. The number of hydrogen-bond donors (Lipinski definition) is 0. The van der Waals surface area contributed by atoms with Crippen LogP contribution in [0.1, 0.15) is 75.7 Å². The van der Waals surface area contributed by atoms with E-state index in [1.54, 1.807) is 4.90 Å². The third-order valence-corrected chi connectivity index (χ3v) is 5.77. The second kappa shape index (κ2) is 7.11. The van der Waals surface area contributed by atoms with Crippen LogP contribution in [0.2, 0.25) is 0 Å². The fourth-order valence-electron chi connectivity index (χ4n) is 3.78. The van der Waals surface area contributed by atoms with Crippen LogP contribution in [0.5, 0.6) is 0 Å². The first-order valence-corrected chi connectivity index (χ1v) is 10.1. The molecule has 6 heteroatoms. The molecule has 27 heavy (non-hydrogen) atoms. The third kappa shape index (κ3) is 5.29. The summed E-state index contributed by atoms with van der Waals surface area (Å²) >= 11 is 0. The van der Waals surface area contributed by atoms with Crippen molar-refractivity contribution < 1.29 is 18.8 Å². The molecule has 1 saturated heterocycles. The van der Waals surface area contributed by atoms with Crippen LogP contribution in [0.25, 0.3) is 0 Å². The predicted molar refractivity (Wildman–Crippen MR) is 110 cm³/mol. The Morgan fingerprint density at radius 1 is 1.15 bits per heavy atom. The zero-order valence-electron chi connectivity index (χ0n) is 18.9. The highest BCUT2D eigenvalue weighted by molar-refractivity contribution is 6.54. The van der Waals surface area contributed by atoms with Gasteiger partial charge in [-0.15, -0.1) is 0 Å². The number of hydrogen-bond acceptors (Lipinski definition) is 4. The van der Waals surface area contributed by atoms with Crippen molar-refractivity contribution in [2.75, 3.05) is 13.1 Å². The van der Waals surface area contributed by atoms with E-state index in [-0.39, 0.29) is 29.8 Å². The molecule has 0 aliphatic carbocycles. The molecule has 1 fully saturated rings. The fourth-order valence-corrected chi connectivity index (χ4v) is 3.78. The van der Waals surface area contributed by atoms with E-state index >= 15 is 0 Å². The smallest absolute Gasteiger partial charge is 0.444 e. The van der Waals surface area contributed by atoms with E-state index in [1.807, 2.05) is 20.8 Å². The monoisotopic (exact) mass is 379 g/mol. The summed E-state index contributed by atoms with van der Waals surface area (Å²) in [6.07, 6.45) is 2.78. The van der Waals surface area contributed by atoms with Crippen molar-refractivity contribution in [1.29, 1.82) is 0 Å². The molecule has 1 amide bonds. The highest BCUT2D eigenvalue weighted by Crippen LogP contribution is 2.42. The minimum atomic E-state index is -0.505. The average Bonchev–Trinajstić information content (AvgIpc) is 2.61. The Bertz CT molecular complexity index is 588. The molecule has 2 aliphatic rings. The number of carbonyl (C=O) groups excluding carboxylic acids is 1. The highest BCUT2D eigenvalue weighted by atomic mass is 16.7. The van der Waals surface area contributed by atoms with Crippen LogP contribution >= 0.6 is 0 Å². The number of nitrogens with zero attached hydrogens (tertiary/aromatic N) is 1. The lowest BCUT2D eigenvalue weighted by Crippen LogP contribution is -2.44. The van der Waals surface area contributed by atoms with Crippen LogP contribution in [-0.2, 0) is 14.0 Å². The van der Waals surface area contributed by atoms with E-state index < -0.39 is 5.60 Å². The molecular weight excluding hydrogens is 341 g/mol. The maximum atomic E-state index is 12.7. The Morgan fingerprint density at radius 2 is 1.67 bits per heavy atom. The Kier molecular flexibility index (Phi) is 5.87. The van der Waals surface area contributed by atoms with E-state index in [0.29, 0.717) is 19.0 Å². The summed E-state index contributed by atoms with van der Waals surface area (Å²) in [7, 11) is -0.376. The Balaban J connectivity index is 2.28. The van der Waals surface area contributed by atoms with Crippen molar-refractivity contribution in [2.45, 2.75) is 92.5 Å². The Labute approximate surface area is 165 Å². The van der Waals surface area contributed by atoms with Gasteiger partial charge in [0.05, 0.1) is 11.2 Å². The standard InChI is InChI=1S/C21H38BNO4/c1-15-13-19(5,6)14-23(17(24)25-18(2,3)4)12-11-16(15)22-26-20(7,8)21(9,10)27-22/h11,15H,12-14H2,1-10H3/b16-11+. The van der Waals surface area contributed by atoms with Crippen LogP contribution in [0.4, 0.5) is 4.79 Å². The van der Waals surface area contributed by atoms with Crippen LogP contribution in [0.3, 0.4) is 0 Å². The predicted octanol–water partition coefficient (Wildman–Crippen LogP) is 4.85. The highest BCUT2D eigenvalue weighted by Gasteiger charge is 2.53. The number of amides is 1. The van der Waals surface area contributed by atoms with Gasteiger partial charge in [0.15, 0.2) is 0 Å². The van der Waals surface area contributed by atoms with E-state index in [4.69, 9.17) is 14.0 Å². The van der Waals surface area contributed by atoms with Crippen LogP contribution < -0.4 is 0 Å². The zero-order valence-corrected chi connectivity index (χ0v) is 18.9. The number of ether oxygens (including phenoxy) is 1. The summed E-state index contributed by atoms with van der Waals surface area (Å²) in [5.74, 6) is 0.315. The van der Waals surface area contributed by atoms with E-state index in [9.17, 15) is 4.79 Å². The lowest BCUT2D eigenvalue weighted by atomic mass is 9.66. The summed E-state index contributed by atoms with van der Waals surface area (Å²) < 4.78 is 18.2. The Morgan fingerprint density at radius 3 is 2.15 bits per heavy atom. The molecular formula is C21H38BNO4. The lowest BCUT2D eigenvalue weighted by Gasteiger charge is -2.38. The van der Waals surface area contributed by atoms with Gasteiger partial charge in [-0.25, -0.2) is 4.79 Å². The van der Waals surface area contributed by atoms with E-state index in [2.05, 4.69) is 54.5 Å². The fraction of sp³-hybridized carbons (Fsp3) is 0.857. The molecule has 2 heterocycles. The van der Waals surface area contributed by atoms with Gasteiger partial charge in [-0.05, 0) is 71.7 Å². The van der Waals surface area contributed by atoms with Crippen molar-refractivity contribution in [2.24, 2.45) is 11.3 Å². The summed E-state index contributed by atoms with van der Waals surface area (Å²) in [4.78, 5) is 14.5. The molecule has 0 spiro atoms. The van der Waals surface area contributed by atoms with Crippen molar-refractivity contribution in [1.82, 2.24) is 4.90 Å². The maximum Gasteiger partial charge on any atom is 0.490 e. The van der Waals surface area contributed by atoms with Gasteiger partial charge in [-0.2, -0.15) is 0 Å². The number of carbonyl (C=O) groups is 1. The first kappa shape index (κ1) is 22.3. The molecule has 0 N–H and O–H groups in total. The molecule has 2 aliphatic heterocycles. The minimum absolute atomic E-state index is 0.0283. The van der Waals surface area contributed by atoms with Crippen LogP contribution in [0, 0.1) is 11.3 Å². The molecule has 1 unspecified atom stereocenters. The second-order valence-corrected chi connectivity index (χ2v) is 10.9. The Hall–Kier alpha value is -1.01. The SMILES string of the molecule is CC1CC(C)(C)CN(C(=O)OC(C)(C)C)C/C=C\1B1OC(C)(C)C(C)(C)O1. The zero-order chi connectivity index (χ0) is 20.8.